The number of hydrogen-bond donors (Lipinski definition) is 3. The van der Waals surface area contributed by atoms with Crippen molar-refractivity contribution in [1.29, 1.82) is 5.26 Å². The van der Waals surface area contributed by atoms with E-state index in [2.05, 4.69) is 34.9 Å². The summed E-state index contributed by atoms with van der Waals surface area (Å²) in [5, 5.41) is 9.96. The molecule has 3 heterocycles. The van der Waals surface area contributed by atoms with Gasteiger partial charge in [-0.05, 0) is 49.0 Å². The SMILES string of the molecule is CNNCc1cc(-c2cc(-c3ccccc3)ncc2Oc2ccc(S(=O)(=O)Nc3ncns3)cc2C#N)ccn1. The van der Waals surface area contributed by atoms with Crippen molar-refractivity contribution in [2.24, 2.45) is 0 Å². The number of aromatic nitrogens is 4. The van der Waals surface area contributed by atoms with Gasteiger partial charge in [-0.25, -0.2) is 13.4 Å². The van der Waals surface area contributed by atoms with E-state index in [4.69, 9.17) is 4.74 Å². The smallest absolute Gasteiger partial charge is 0.263 e. The highest BCUT2D eigenvalue weighted by molar-refractivity contribution is 7.93. The van der Waals surface area contributed by atoms with E-state index in [9.17, 15) is 13.7 Å². The summed E-state index contributed by atoms with van der Waals surface area (Å²) in [5.74, 6) is 0.566. The van der Waals surface area contributed by atoms with Gasteiger partial charge in [-0.2, -0.15) is 9.64 Å². The number of benzene rings is 2. The molecule has 2 aromatic carbocycles. The second-order valence-corrected chi connectivity index (χ2v) is 10.8. The first-order chi connectivity index (χ1) is 19.5. The molecule has 0 radical (unpaired) electrons. The lowest BCUT2D eigenvalue weighted by Crippen LogP contribution is -2.27. The van der Waals surface area contributed by atoms with Gasteiger partial charge in [0.2, 0.25) is 5.13 Å². The predicted molar refractivity (Wildman–Crippen MR) is 151 cm³/mol. The molecule has 3 N–H and O–H groups in total. The average Bonchev–Trinajstić information content (AvgIpc) is 3.49. The van der Waals surface area contributed by atoms with Gasteiger partial charge in [0.15, 0.2) is 5.75 Å². The molecule has 13 heteroatoms. The Morgan fingerprint density at radius 1 is 0.975 bits per heavy atom. The standard InChI is InChI=1S/C27H22N8O3S2/c1-29-33-15-21-11-19(9-10-30-21)23-13-24(18-5-3-2-4-6-18)31-16-26(23)38-25-8-7-22(12-20(25)14-28)40(36,37)35-27-32-17-34-39-27/h2-13,16-17,29,33H,15H2,1H3,(H,32,34,35). The van der Waals surface area contributed by atoms with Crippen molar-refractivity contribution in [2.75, 3.05) is 11.8 Å². The van der Waals surface area contributed by atoms with Crippen molar-refractivity contribution < 1.29 is 13.2 Å². The Labute approximate surface area is 234 Å². The molecule has 40 heavy (non-hydrogen) atoms. The third-order valence-electron chi connectivity index (χ3n) is 5.70. The van der Waals surface area contributed by atoms with Crippen molar-refractivity contribution >= 4 is 26.7 Å². The lowest BCUT2D eigenvalue weighted by molar-refractivity contribution is 0.480. The fraction of sp³-hybridized carbons (Fsp3) is 0.0741. The van der Waals surface area contributed by atoms with Crippen molar-refractivity contribution in [3.8, 4) is 40.0 Å². The van der Waals surface area contributed by atoms with Crippen LogP contribution < -0.4 is 20.3 Å². The van der Waals surface area contributed by atoms with Crippen molar-refractivity contribution in [3.63, 3.8) is 0 Å². The highest BCUT2D eigenvalue weighted by Crippen LogP contribution is 2.37. The maximum atomic E-state index is 12.8. The van der Waals surface area contributed by atoms with E-state index in [0.717, 1.165) is 39.6 Å². The Hall–Kier alpha value is -4.74. The lowest BCUT2D eigenvalue weighted by atomic mass is 10.0. The molecule has 0 aliphatic carbocycles. The van der Waals surface area contributed by atoms with Crippen molar-refractivity contribution in [3.05, 3.63) is 96.7 Å². The average molecular weight is 571 g/mol. The molecule has 0 unspecified atom stereocenters. The zero-order chi connectivity index (χ0) is 28.0. The summed E-state index contributed by atoms with van der Waals surface area (Å²) in [5.41, 5.74) is 9.96. The lowest BCUT2D eigenvalue weighted by Gasteiger charge is -2.15. The summed E-state index contributed by atoms with van der Waals surface area (Å²) in [4.78, 5) is 12.7. The Bertz CT molecular complexity index is 1770. The maximum absolute atomic E-state index is 12.8. The Kier molecular flexibility index (Phi) is 8.04. The zero-order valence-corrected chi connectivity index (χ0v) is 22.7. The van der Waals surface area contributed by atoms with Crippen LogP contribution in [0.3, 0.4) is 0 Å². The largest absolute Gasteiger partial charge is 0.454 e. The second kappa shape index (κ2) is 12.0. The molecule has 0 bridgehead atoms. The summed E-state index contributed by atoms with van der Waals surface area (Å²) in [6, 6.07) is 21.5. The minimum Gasteiger partial charge on any atom is -0.454 e. The molecular formula is C27H22N8O3S2. The first kappa shape index (κ1) is 26.9. The normalized spacial score (nSPS) is 11.1. The number of ether oxygens (including phenoxy) is 1. The third-order valence-corrected chi connectivity index (χ3v) is 7.74. The highest BCUT2D eigenvalue weighted by Gasteiger charge is 2.20. The number of hydrazine groups is 1. The first-order valence-electron chi connectivity index (χ1n) is 11.9. The van der Waals surface area contributed by atoms with E-state index in [1.807, 2.05) is 54.6 Å². The van der Waals surface area contributed by atoms with E-state index in [-0.39, 0.29) is 21.3 Å². The molecule has 0 spiro atoms. The Morgan fingerprint density at radius 3 is 2.58 bits per heavy atom. The number of rotatable bonds is 10. The van der Waals surface area contributed by atoms with Gasteiger partial charge in [-0.1, -0.05) is 30.3 Å². The minimum absolute atomic E-state index is 0.0341. The van der Waals surface area contributed by atoms with E-state index < -0.39 is 10.0 Å². The number of nitriles is 1. The van der Waals surface area contributed by atoms with E-state index >= 15 is 0 Å². The molecule has 0 saturated carbocycles. The van der Waals surface area contributed by atoms with Crippen molar-refractivity contribution in [2.45, 2.75) is 11.4 Å². The topological polar surface area (TPSA) is 155 Å². The molecule has 11 nitrogen and oxygen atoms in total. The van der Waals surface area contributed by atoms with Gasteiger partial charge in [0.25, 0.3) is 10.0 Å². The van der Waals surface area contributed by atoms with Gasteiger partial charge in [-0.3, -0.25) is 25.5 Å². The molecule has 0 atom stereocenters. The molecule has 0 amide bonds. The van der Waals surface area contributed by atoms with Gasteiger partial charge in [0.1, 0.15) is 18.1 Å². The zero-order valence-electron chi connectivity index (χ0n) is 21.1. The van der Waals surface area contributed by atoms with Crippen LogP contribution in [0.2, 0.25) is 0 Å². The van der Waals surface area contributed by atoms with Gasteiger partial charge in [0.05, 0.1) is 34.6 Å². The fourth-order valence-corrected chi connectivity index (χ4v) is 5.49. The summed E-state index contributed by atoms with van der Waals surface area (Å²) >= 11 is 0.904. The van der Waals surface area contributed by atoms with E-state index in [1.165, 1.54) is 24.5 Å². The van der Waals surface area contributed by atoms with Gasteiger partial charge in [-0.15, -0.1) is 0 Å². The molecule has 0 fully saturated rings. The van der Waals surface area contributed by atoms with E-state index in [1.54, 1.807) is 19.4 Å². The van der Waals surface area contributed by atoms with Crippen LogP contribution in [0.4, 0.5) is 5.13 Å². The van der Waals surface area contributed by atoms with Crippen molar-refractivity contribution in [1.82, 2.24) is 30.2 Å². The monoisotopic (exact) mass is 570 g/mol. The Balaban J connectivity index is 1.53. The number of nitrogens with zero attached hydrogens (tertiary/aromatic N) is 5. The molecule has 5 aromatic rings. The van der Waals surface area contributed by atoms with E-state index in [0.29, 0.717) is 12.3 Å². The molecule has 0 aliphatic heterocycles. The maximum Gasteiger partial charge on any atom is 0.263 e. The second-order valence-electron chi connectivity index (χ2n) is 8.29. The fourth-order valence-electron chi connectivity index (χ4n) is 3.80. The van der Waals surface area contributed by atoms with Crippen LogP contribution in [0.1, 0.15) is 11.3 Å². The summed E-state index contributed by atoms with van der Waals surface area (Å²) in [6.07, 6.45) is 4.55. The van der Waals surface area contributed by atoms with Crippen LogP contribution in [0.15, 0.2) is 90.3 Å². The van der Waals surface area contributed by atoms with Gasteiger partial charge < -0.3 is 4.74 Å². The van der Waals surface area contributed by atoms with Crippen LogP contribution in [0.25, 0.3) is 22.4 Å². The molecule has 0 aliphatic rings. The van der Waals surface area contributed by atoms with Crippen LogP contribution in [0.5, 0.6) is 11.5 Å². The molecule has 0 saturated heterocycles. The third kappa shape index (κ3) is 6.11. The van der Waals surface area contributed by atoms with Gasteiger partial charge >= 0.3 is 0 Å². The molecule has 200 valence electrons. The van der Waals surface area contributed by atoms with Crippen LogP contribution in [0, 0.1) is 11.3 Å². The minimum atomic E-state index is -3.98. The summed E-state index contributed by atoms with van der Waals surface area (Å²) in [6.45, 7) is 0.497. The number of anilines is 1. The number of pyridine rings is 2. The van der Waals surface area contributed by atoms with Crippen LogP contribution in [-0.2, 0) is 16.6 Å². The molecule has 3 aromatic heterocycles. The summed E-state index contributed by atoms with van der Waals surface area (Å²) in [7, 11) is -2.21. The highest BCUT2D eigenvalue weighted by atomic mass is 32.2. The number of sulfonamides is 1. The summed E-state index contributed by atoms with van der Waals surface area (Å²) < 4.78 is 38.0. The molecule has 5 rings (SSSR count). The molecular weight excluding hydrogens is 548 g/mol. The first-order valence-corrected chi connectivity index (χ1v) is 14.1. The Morgan fingerprint density at radius 2 is 1.82 bits per heavy atom. The van der Waals surface area contributed by atoms with Gasteiger partial charge in [0, 0.05) is 28.9 Å². The quantitative estimate of drug-likeness (QED) is 0.206. The number of hydrogen-bond acceptors (Lipinski definition) is 11. The van der Waals surface area contributed by atoms with Crippen LogP contribution >= 0.6 is 11.5 Å². The predicted octanol–water partition coefficient (Wildman–Crippen LogP) is 4.35. The number of nitrogens with one attached hydrogen (secondary N) is 3. The van der Waals surface area contributed by atoms with Crippen LogP contribution in [-0.4, -0.2) is 34.8 Å².